The summed E-state index contributed by atoms with van der Waals surface area (Å²) in [4.78, 5) is 31.2. The van der Waals surface area contributed by atoms with E-state index in [1.54, 1.807) is 28.4 Å². The Hall–Kier alpha value is -2.67. The monoisotopic (exact) mass is 369 g/mol. The van der Waals surface area contributed by atoms with Crippen LogP contribution in [0.25, 0.3) is 10.2 Å². The van der Waals surface area contributed by atoms with Crippen LogP contribution in [-0.4, -0.2) is 40.8 Å². The summed E-state index contributed by atoms with van der Waals surface area (Å²) in [5.74, 6) is 0.0736. The average Bonchev–Trinajstić information content (AvgIpc) is 3.29. The minimum Gasteiger partial charge on any atom is -0.459 e. The Balaban J connectivity index is 1.43. The average molecular weight is 369 g/mol. The molecular formula is C19H19N3O3S. The summed E-state index contributed by atoms with van der Waals surface area (Å²) in [5.41, 5.74) is 1.44. The molecule has 1 unspecified atom stereocenters. The van der Waals surface area contributed by atoms with Crippen LogP contribution >= 0.6 is 11.3 Å². The molecule has 2 aromatic heterocycles. The fourth-order valence-electron chi connectivity index (χ4n) is 3.29. The summed E-state index contributed by atoms with van der Waals surface area (Å²) >= 11 is 1.61. The number of nitrogens with zero attached hydrogens (tertiary/aromatic N) is 2. The number of carbonyl (C=O) groups is 2. The van der Waals surface area contributed by atoms with E-state index in [0.717, 1.165) is 28.1 Å². The molecule has 0 spiro atoms. The fourth-order valence-corrected chi connectivity index (χ4v) is 4.10. The van der Waals surface area contributed by atoms with Crippen LogP contribution in [0.4, 0.5) is 0 Å². The minimum absolute atomic E-state index is 0.0666. The lowest BCUT2D eigenvalue weighted by Gasteiger charge is -2.32. The first-order valence-corrected chi connectivity index (χ1v) is 9.42. The molecule has 1 aromatic carbocycles. The number of amides is 2. The lowest BCUT2D eigenvalue weighted by molar-refractivity contribution is 0.0647. The Morgan fingerprint density at radius 3 is 3.04 bits per heavy atom. The molecule has 1 aliphatic rings. The van der Waals surface area contributed by atoms with Crippen molar-refractivity contribution in [2.24, 2.45) is 0 Å². The Morgan fingerprint density at radius 2 is 2.23 bits per heavy atom. The minimum atomic E-state index is -0.131. The number of furan rings is 1. The van der Waals surface area contributed by atoms with E-state index in [1.165, 1.54) is 6.26 Å². The van der Waals surface area contributed by atoms with E-state index in [4.69, 9.17) is 4.42 Å². The zero-order valence-corrected chi connectivity index (χ0v) is 15.2. The van der Waals surface area contributed by atoms with E-state index < -0.39 is 0 Å². The largest absolute Gasteiger partial charge is 0.459 e. The maximum atomic E-state index is 12.6. The maximum Gasteiger partial charge on any atom is 0.289 e. The van der Waals surface area contributed by atoms with Crippen molar-refractivity contribution in [3.05, 3.63) is 52.9 Å². The van der Waals surface area contributed by atoms with Crippen molar-refractivity contribution in [3.63, 3.8) is 0 Å². The van der Waals surface area contributed by atoms with Gasteiger partial charge in [0, 0.05) is 24.7 Å². The highest BCUT2D eigenvalue weighted by Crippen LogP contribution is 2.22. The molecule has 1 aliphatic heterocycles. The van der Waals surface area contributed by atoms with Gasteiger partial charge in [0.15, 0.2) is 5.76 Å². The molecule has 1 atom stereocenters. The van der Waals surface area contributed by atoms with E-state index in [-0.39, 0.29) is 17.9 Å². The molecule has 6 nitrogen and oxygen atoms in total. The third-order valence-corrected chi connectivity index (χ3v) is 5.48. The van der Waals surface area contributed by atoms with Gasteiger partial charge in [-0.15, -0.1) is 11.3 Å². The van der Waals surface area contributed by atoms with Gasteiger partial charge in [0.2, 0.25) is 0 Å². The molecule has 4 rings (SSSR count). The van der Waals surface area contributed by atoms with Gasteiger partial charge in [-0.05, 0) is 50.1 Å². The van der Waals surface area contributed by atoms with Gasteiger partial charge >= 0.3 is 0 Å². The zero-order chi connectivity index (χ0) is 18.1. The number of carbonyl (C=O) groups excluding carboxylic acids is 2. The normalized spacial score (nSPS) is 17.4. The predicted molar refractivity (Wildman–Crippen MR) is 99.5 cm³/mol. The van der Waals surface area contributed by atoms with Crippen molar-refractivity contribution < 1.29 is 14.0 Å². The lowest BCUT2D eigenvalue weighted by Crippen LogP contribution is -2.49. The van der Waals surface area contributed by atoms with Crippen LogP contribution < -0.4 is 5.32 Å². The maximum absolute atomic E-state index is 12.6. The van der Waals surface area contributed by atoms with Gasteiger partial charge in [0.25, 0.3) is 11.8 Å². The SMILES string of the molecule is Cc1nc2cc(C(=O)NC3CCCN(C(=O)c4ccco4)C3)ccc2s1. The van der Waals surface area contributed by atoms with Crippen molar-refractivity contribution in [1.82, 2.24) is 15.2 Å². The van der Waals surface area contributed by atoms with Gasteiger partial charge in [-0.1, -0.05) is 0 Å². The van der Waals surface area contributed by atoms with Gasteiger partial charge in [-0.25, -0.2) is 4.98 Å². The number of nitrogens with one attached hydrogen (secondary N) is 1. The summed E-state index contributed by atoms with van der Waals surface area (Å²) in [7, 11) is 0. The van der Waals surface area contributed by atoms with Gasteiger partial charge < -0.3 is 14.6 Å². The number of rotatable bonds is 3. The van der Waals surface area contributed by atoms with E-state index in [1.807, 2.05) is 25.1 Å². The molecule has 1 fully saturated rings. The number of thiazole rings is 1. The summed E-state index contributed by atoms with van der Waals surface area (Å²) in [5, 5.41) is 4.03. The topological polar surface area (TPSA) is 75.4 Å². The Morgan fingerprint density at radius 1 is 1.35 bits per heavy atom. The Kier molecular flexibility index (Phi) is 4.46. The molecule has 7 heteroatoms. The van der Waals surface area contributed by atoms with Crippen molar-refractivity contribution in [3.8, 4) is 0 Å². The third-order valence-electron chi connectivity index (χ3n) is 4.53. The fraction of sp³-hybridized carbons (Fsp3) is 0.316. The molecule has 0 radical (unpaired) electrons. The number of aromatic nitrogens is 1. The lowest BCUT2D eigenvalue weighted by atomic mass is 10.0. The molecule has 3 aromatic rings. The molecule has 1 saturated heterocycles. The summed E-state index contributed by atoms with van der Waals surface area (Å²) < 4.78 is 6.27. The first-order valence-electron chi connectivity index (χ1n) is 8.61. The molecule has 0 aliphatic carbocycles. The molecule has 0 saturated carbocycles. The number of fused-ring (bicyclic) bond motifs is 1. The molecule has 2 amide bonds. The standard InChI is InChI=1S/C19H19N3O3S/c1-12-20-15-10-13(6-7-17(15)26-12)18(23)21-14-4-2-8-22(11-14)19(24)16-5-3-9-25-16/h3,5-7,9-10,14H,2,4,8,11H2,1H3,(H,21,23). The molecule has 0 bridgehead atoms. The first kappa shape index (κ1) is 16.8. The number of benzene rings is 1. The second-order valence-corrected chi connectivity index (χ2v) is 7.69. The number of hydrogen-bond donors (Lipinski definition) is 1. The number of likely N-dealkylation sites (tertiary alicyclic amines) is 1. The van der Waals surface area contributed by atoms with Crippen molar-refractivity contribution in [1.29, 1.82) is 0 Å². The molecular weight excluding hydrogens is 350 g/mol. The molecule has 1 N–H and O–H groups in total. The van der Waals surface area contributed by atoms with Gasteiger partial charge in [0.1, 0.15) is 0 Å². The van der Waals surface area contributed by atoms with Crippen molar-refractivity contribution >= 4 is 33.4 Å². The van der Waals surface area contributed by atoms with Crippen LogP contribution in [0.5, 0.6) is 0 Å². The second kappa shape index (κ2) is 6.92. The summed E-state index contributed by atoms with van der Waals surface area (Å²) in [6, 6.07) is 8.88. The smallest absolute Gasteiger partial charge is 0.289 e. The third kappa shape index (κ3) is 3.35. The molecule has 26 heavy (non-hydrogen) atoms. The van der Waals surface area contributed by atoms with Gasteiger partial charge in [-0.2, -0.15) is 0 Å². The summed E-state index contributed by atoms with van der Waals surface area (Å²) in [6.07, 6.45) is 3.19. The van der Waals surface area contributed by atoms with Crippen LogP contribution in [0.1, 0.15) is 38.8 Å². The first-order chi connectivity index (χ1) is 12.6. The van der Waals surface area contributed by atoms with Gasteiger partial charge in [0.05, 0.1) is 21.5 Å². The van der Waals surface area contributed by atoms with Gasteiger partial charge in [-0.3, -0.25) is 9.59 Å². The highest BCUT2D eigenvalue weighted by molar-refractivity contribution is 7.18. The highest BCUT2D eigenvalue weighted by atomic mass is 32.1. The van der Waals surface area contributed by atoms with E-state index >= 15 is 0 Å². The van der Waals surface area contributed by atoms with E-state index in [0.29, 0.717) is 24.4 Å². The molecule has 134 valence electrons. The number of piperidine rings is 1. The number of aryl methyl sites for hydroxylation is 1. The highest BCUT2D eigenvalue weighted by Gasteiger charge is 2.27. The van der Waals surface area contributed by atoms with Crippen molar-refractivity contribution in [2.45, 2.75) is 25.8 Å². The number of hydrogen-bond acceptors (Lipinski definition) is 5. The van der Waals surface area contributed by atoms with Crippen LogP contribution in [0.2, 0.25) is 0 Å². The Labute approximate surface area is 154 Å². The van der Waals surface area contributed by atoms with E-state index in [2.05, 4.69) is 10.3 Å². The van der Waals surface area contributed by atoms with E-state index in [9.17, 15) is 9.59 Å². The quantitative estimate of drug-likeness (QED) is 0.769. The van der Waals surface area contributed by atoms with Crippen LogP contribution in [-0.2, 0) is 0 Å². The van der Waals surface area contributed by atoms with Crippen LogP contribution in [0, 0.1) is 6.92 Å². The second-order valence-electron chi connectivity index (χ2n) is 6.46. The summed E-state index contributed by atoms with van der Waals surface area (Å²) in [6.45, 7) is 3.12. The van der Waals surface area contributed by atoms with Crippen LogP contribution in [0.3, 0.4) is 0 Å². The molecule has 3 heterocycles. The van der Waals surface area contributed by atoms with Crippen LogP contribution in [0.15, 0.2) is 41.0 Å². The van der Waals surface area contributed by atoms with Crippen molar-refractivity contribution in [2.75, 3.05) is 13.1 Å². The zero-order valence-electron chi connectivity index (χ0n) is 14.4. The Bertz CT molecular complexity index is 948. The predicted octanol–water partition coefficient (Wildman–Crippen LogP) is 3.23.